The van der Waals surface area contributed by atoms with E-state index in [1.54, 1.807) is 0 Å². The van der Waals surface area contributed by atoms with Crippen molar-refractivity contribution < 1.29 is 4.74 Å². The van der Waals surface area contributed by atoms with Gasteiger partial charge < -0.3 is 10.1 Å². The summed E-state index contributed by atoms with van der Waals surface area (Å²) < 4.78 is 5.41. The molecule has 1 saturated heterocycles. The van der Waals surface area contributed by atoms with Gasteiger partial charge in [-0.25, -0.2) is 0 Å². The van der Waals surface area contributed by atoms with E-state index in [2.05, 4.69) is 55.3 Å². The largest absolute Gasteiger partial charge is 0.379 e. The summed E-state index contributed by atoms with van der Waals surface area (Å²) in [7, 11) is 0. The summed E-state index contributed by atoms with van der Waals surface area (Å²) in [5.74, 6) is 0. The Balaban J connectivity index is 1.99. The normalized spacial score (nSPS) is 17.6. The fraction of sp³-hybridized carbons (Fsp3) is 0.625. The smallest absolute Gasteiger partial charge is 0.0594 e. The quantitative estimate of drug-likeness (QED) is 0.902. The van der Waals surface area contributed by atoms with E-state index in [1.807, 2.05) is 0 Å². The van der Waals surface area contributed by atoms with Crippen LogP contribution in [-0.4, -0.2) is 36.7 Å². The minimum atomic E-state index is 0.159. The highest BCUT2D eigenvalue weighted by Crippen LogP contribution is 2.14. The number of hydrogen-bond acceptors (Lipinski definition) is 3. The lowest BCUT2D eigenvalue weighted by Gasteiger charge is -2.28. The Labute approximate surface area is 116 Å². The third kappa shape index (κ3) is 4.94. The second-order valence-corrected chi connectivity index (χ2v) is 6.26. The lowest BCUT2D eigenvalue weighted by molar-refractivity contribution is 0.0340. The average Bonchev–Trinajstić information content (AvgIpc) is 2.38. The molecular weight excluding hydrogens is 236 g/mol. The van der Waals surface area contributed by atoms with Gasteiger partial charge in [0.15, 0.2) is 0 Å². The second kappa shape index (κ2) is 6.51. The number of ether oxygens (including phenoxy) is 1. The first-order valence-electron chi connectivity index (χ1n) is 7.16. The molecule has 3 heteroatoms. The van der Waals surface area contributed by atoms with Crippen molar-refractivity contribution in [2.45, 2.75) is 39.4 Å². The molecule has 0 atom stereocenters. The summed E-state index contributed by atoms with van der Waals surface area (Å²) in [5, 5.41) is 3.57. The van der Waals surface area contributed by atoms with E-state index in [1.165, 1.54) is 11.1 Å². The van der Waals surface area contributed by atoms with Gasteiger partial charge in [-0.15, -0.1) is 0 Å². The van der Waals surface area contributed by atoms with Crippen molar-refractivity contribution in [2.75, 3.05) is 26.3 Å². The van der Waals surface area contributed by atoms with Crippen LogP contribution in [0.15, 0.2) is 24.3 Å². The fourth-order valence-corrected chi connectivity index (χ4v) is 2.24. The molecule has 1 fully saturated rings. The molecule has 0 aliphatic carbocycles. The Kier molecular flexibility index (Phi) is 4.97. The molecule has 0 bridgehead atoms. The summed E-state index contributed by atoms with van der Waals surface area (Å²) in [6, 6.07) is 8.74. The molecule has 0 aromatic heterocycles. The number of nitrogens with zero attached hydrogens (tertiary/aromatic N) is 1. The van der Waals surface area contributed by atoms with Gasteiger partial charge in [-0.2, -0.15) is 0 Å². The zero-order chi connectivity index (χ0) is 13.7. The first-order valence-corrected chi connectivity index (χ1v) is 7.16. The summed E-state index contributed by atoms with van der Waals surface area (Å²) in [5.41, 5.74) is 3.00. The molecule has 0 spiro atoms. The summed E-state index contributed by atoms with van der Waals surface area (Å²) in [4.78, 5) is 2.47. The zero-order valence-corrected chi connectivity index (χ0v) is 12.4. The van der Waals surface area contributed by atoms with Crippen LogP contribution in [0.2, 0.25) is 0 Å². The van der Waals surface area contributed by atoms with Gasteiger partial charge in [0.2, 0.25) is 0 Å². The zero-order valence-electron chi connectivity index (χ0n) is 12.4. The lowest BCUT2D eigenvalue weighted by Crippen LogP contribution is -2.37. The maximum absolute atomic E-state index is 5.41. The maximum Gasteiger partial charge on any atom is 0.0594 e. The molecule has 0 unspecified atom stereocenters. The Hall–Kier alpha value is -0.900. The van der Waals surface area contributed by atoms with Crippen molar-refractivity contribution >= 4 is 0 Å². The molecule has 1 N–H and O–H groups in total. The molecule has 1 aromatic carbocycles. The van der Waals surface area contributed by atoms with Crippen molar-refractivity contribution in [3.8, 4) is 0 Å². The Morgan fingerprint density at radius 3 is 2.37 bits per heavy atom. The average molecular weight is 262 g/mol. The number of benzene rings is 1. The minimum absolute atomic E-state index is 0.159. The molecule has 3 nitrogen and oxygen atoms in total. The van der Waals surface area contributed by atoms with Crippen LogP contribution in [-0.2, 0) is 17.8 Å². The number of nitrogens with one attached hydrogen (secondary N) is 1. The van der Waals surface area contributed by atoms with Crippen LogP contribution in [0, 0.1) is 0 Å². The summed E-state index contributed by atoms with van der Waals surface area (Å²) in [6.07, 6.45) is 0. The third-order valence-corrected chi connectivity index (χ3v) is 3.43. The van der Waals surface area contributed by atoms with Gasteiger partial charge in [0.1, 0.15) is 0 Å². The Morgan fingerprint density at radius 1 is 1.11 bits per heavy atom. The van der Waals surface area contributed by atoms with Gasteiger partial charge in [-0.1, -0.05) is 24.3 Å². The highest BCUT2D eigenvalue weighted by molar-refractivity contribution is 5.27. The van der Waals surface area contributed by atoms with Gasteiger partial charge in [0.05, 0.1) is 13.2 Å². The van der Waals surface area contributed by atoms with Gasteiger partial charge in [0, 0.05) is 31.7 Å². The lowest BCUT2D eigenvalue weighted by atomic mass is 10.0. The van der Waals surface area contributed by atoms with Crippen LogP contribution in [0.25, 0.3) is 0 Å². The maximum atomic E-state index is 5.41. The van der Waals surface area contributed by atoms with E-state index < -0.39 is 0 Å². The standard InChI is InChI=1S/C16H26N2O/c1-16(2,3)17-12-14-6-4-5-7-15(14)13-18-8-10-19-11-9-18/h4-7,17H,8-13H2,1-3H3. The molecule has 1 aromatic rings. The molecule has 106 valence electrons. The Morgan fingerprint density at radius 2 is 1.74 bits per heavy atom. The van der Waals surface area contributed by atoms with E-state index in [0.29, 0.717) is 0 Å². The van der Waals surface area contributed by atoms with Gasteiger partial charge in [-0.05, 0) is 31.9 Å². The van der Waals surface area contributed by atoms with Gasteiger partial charge >= 0.3 is 0 Å². The van der Waals surface area contributed by atoms with Crippen LogP contribution in [0.5, 0.6) is 0 Å². The SMILES string of the molecule is CC(C)(C)NCc1ccccc1CN1CCOCC1. The topological polar surface area (TPSA) is 24.5 Å². The number of rotatable bonds is 4. The van der Waals surface area contributed by atoms with Gasteiger partial charge in [0.25, 0.3) is 0 Å². The van der Waals surface area contributed by atoms with E-state index in [4.69, 9.17) is 4.74 Å². The van der Waals surface area contributed by atoms with Crippen molar-refractivity contribution in [3.05, 3.63) is 35.4 Å². The second-order valence-electron chi connectivity index (χ2n) is 6.26. The van der Waals surface area contributed by atoms with E-state index in [-0.39, 0.29) is 5.54 Å². The highest BCUT2D eigenvalue weighted by Gasteiger charge is 2.14. The van der Waals surface area contributed by atoms with Crippen LogP contribution < -0.4 is 5.32 Å². The number of hydrogen-bond donors (Lipinski definition) is 1. The summed E-state index contributed by atoms with van der Waals surface area (Å²) >= 11 is 0. The molecule has 0 saturated carbocycles. The first kappa shape index (κ1) is 14.5. The molecule has 1 aliphatic heterocycles. The van der Waals surface area contributed by atoms with Gasteiger partial charge in [-0.3, -0.25) is 4.90 Å². The van der Waals surface area contributed by atoms with Crippen molar-refractivity contribution in [2.24, 2.45) is 0 Å². The summed E-state index contributed by atoms with van der Waals surface area (Å²) in [6.45, 7) is 12.4. The molecule has 0 radical (unpaired) electrons. The predicted octanol–water partition coefficient (Wildman–Crippen LogP) is 2.41. The van der Waals surface area contributed by atoms with Crippen molar-refractivity contribution in [1.29, 1.82) is 0 Å². The molecule has 0 amide bonds. The monoisotopic (exact) mass is 262 g/mol. The van der Waals surface area contributed by atoms with E-state index in [9.17, 15) is 0 Å². The van der Waals surface area contributed by atoms with E-state index in [0.717, 1.165) is 39.4 Å². The first-order chi connectivity index (χ1) is 9.04. The van der Waals surface area contributed by atoms with Crippen LogP contribution in [0.1, 0.15) is 31.9 Å². The highest BCUT2D eigenvalue weighted by atomic mass is 16.5. The van der Waals surface area contributed by atoms with Crippen LogP contribution in [0.4, 0.5) is 0 Å². The van der Waals surface area contributed by atoms with Crippen molar-refractivity contribution in [1.82, 2.24) is 10.2 Å². The molecule has 1 heterocycles. The fourth-order valence-electron chi connectivity index (χ4n) is 2.24. The molecule has 19 heavy (non-hydrogen) atoms. The molecule has 2 rings (SSSR count). The molecular formula is C16H26N2O. The molecule has 1 aliphatic rings. The predicted molar refractivity (Wildman–Crippen MR) is 79.1 cm³/mol. The Bertz CT molecular complexity index is 392. The van der Waals surface area contributed by atoms with Crippen LogP contribution >= 0.6 is 0 Å². The minimum Gasteiger partial charge on any atom is -0.379 e. The number of morpholine rings is 1. The third-order valence-electron chi connectivity index (χ3n) is 3.43. The van der Waals surface area contributed by atoms with Crippen molar-refractivity contribution in [3.63, 3.8) is 0 Å². The van der Waals surface area contributed by atoms with Crippen LogP contribution in [0.3, 0.4) is 0 Å². The van der Waals surface area contributed by atoms with E-state index >= 15 is 0 Å².